The molecule has 8 heteroatoms. The van der Waals surface area contributed by atoms with E-state index in [1.54, 1.807) is 29.2 Å². The Hall–Kier alpha value is -3.94. The van der Waals surface area contributed by atoms with Gasteiger partial charge in [-0.15, -0.1) is 0 Å². The molecule has 41 heavy (non-hydrogen) atoms. The Morgan fingerprint density at radius 2 is 1.68 bits per heavy atom. The number of carbonyl (C=O) groups is 2. The van der Waals surface area contributed by atoms with Crippen molar-refractivity contribution >= 4 is 40.1 Å². The average Bonchev–Trinajstić information content (AvgIpc) is 3.33. The molecule has 1 unspecified atom stereocenters. The van der Waals surface area contributed by atoms with Crippen LogP contribution in [0, 0.1) is 13.8 Å². The van der Waals surface area contributed by atoms with E-state index in [9.17, 15) is 14.4 Å². The van der Waals surface area contributed by atoms with E-state index in [0.29, 0.717) is 40.3 Å². The molecule has 4 aromatic rings. The SMILES string of the molecule is Cc1cc2oc3c(c(=O)c2cc1C)C1(C(=O)N(Cc2ccc(Cl)cc2)c2ccccc21)N(CCCOC(C)C)C3=O. The molecule has 1 aromatic heterocycles. The Morgan fingerprint density at radius 3 is 2.41 bits per heavy atom. The normalized spacial score (nSPS) is 17.8. The van der Waals surface area contributed by atoms with Gasteiger partial charge in [-0.3, -0.25) is 14.4 Å². The molecule has 2 aliphatic rings. The minimum absolute atomic E-state index is 0.0270. The summed E-state index contributed by atoms with van der Waals surface area (Å²) in [6, 6.07) is 18.2. The Bertz CT molecular complexity index is 1760. The minimum Gasteiger partial charge on any atom is -0.450 e. The van der Waals surface area contributed by atoms with Crippen molar-refractivity contribution in [3.8, 4) is 0 Å². The van der Waals surface area contributed by atoms with E-state index >= 15 is 0 Å². The van der Waals surface area contributed by atoms with E-state index in [0.717, 1.165) is 16.7 Å². The van der Waals surface area contributed by atoms with Crippen LogP contribution >= 0.6 is 11.6 Å². The Labute approximate surface area is 243 Å². The summed E-state index contributed by atoms with van der Waals surface area (Å²) in [5, 5.41) is 0.948. The molecule has 6 rings (SSSR count). The Balaban J connectivity index is 1.58. The maximum atomic E-state index is 14.8. The van der Waals surface area contributed by atoms with E-state index < -0.39 is 11.4 Å². The molecule has 0 bridgehead atoms. The van der Waals surface area contributed by atoms with Crippen molar-refractivity contribution in [2.75, 3.05) is 18.1 Å². The van der Waals surface area contributed by atoms with Crippen LogP contribution in [0.2, 0.25) is 5.02 Å². The third-order valence-electron chi connectivity index (χ3n) is 8.08. The van der Waals surface area contributed by atoms with Gasteiger partial charge in [0.1, 0.15) is 5.58 Å². The van der Waals surface area contributed by atoms with Crippen LogP contribution in [-0.4, -0.2) is 36.0 Å². The molecule has 3 aromatic carbocycles. The van der Waals surface area contributed by atoms with Gasteiger partial charge in [0.05, 0.1) is 29.3 Å². The lowest BCUT2D eigenvalue weighted by Crippen LogP contribution is -2.53. The molecule has 0 radical (unpaired) electrons. The fourth-order valence-corrected chi connectivity index (χ4v) is 6.14. The van der Waals surface area contributed by atoms with Gasteiger partial charge in [-0.25, -0.2) is 0 Å². The Morgan fingerprint density at radius 1 is 0.976 bits per heavy atom. The lowest BCUT2D eigenvalue weighted by atomic mass is 9.83. The van der Waals surface area contributed by atoms with Crippen molar-refractivity contribution in [2.45, 2.75) is 52.3 Å². The number of aryl methyl sites for hydroxylation is 2. The summed E-state index contributed by atoms with van der Waals surface area (Å²) in [4.78, 5) is 46.5. The first-order valence-corrected chi connectivity index (χ1v) is 14.2. The number of carbonyl (C=O) groups excluding carboxylic acids is 2. The molecule has 3 heterocycles. The van der Waals surface area contributed by atoms with Crippen LogP contribution in [0.5, 0.6) is 0 Å². The van der Waals surface area contributed by atoms with Crippen LogP contribution in [-0.2, 0) is 21.6 Å². The Kier molecular flexibility index (Phi) is 6.75. The van der Waals surface area contributed by atoms with Gasteiger partial charge in [0.25, 0.3) is 11.8 Å². The van der Waals surface area contributed by atoms with Crippen LogP contribution in [0.4, 0.5) is 5.69 Å². The number of ether oxygens (including phenoxy) is 1. The number of amides is 2. The van der Waals surface area contributed by atoms with Crippen LogP contribution in [0.25, 0.3) is 11.0 Å². The molecule has 0 saturated heterocycles. The number of para-hydroxylation sites is 1. The summed E-state index contributed by atoms with van der Waals surface area (Å²) in [7, 11) is 0. The van der Waals surface area contributed by atoms with E-state index in [4.69, 9.17) is 20.8 Å². The van der Waals surface area contributed by atoms with E-state index in [1.807, 2.05) is 64.1 Å². The van der Waals surface area contributed by atoms with Crippen molar-refractivity contribution < 1.29 is 18.7 Å². The molecule has 1 spiro atoms. The van der Waals surface area contributed by atoms with Gasteiger partial charge in [-0.2, -0.15) is 0 Å². The zero-order valence-electron chi connectivity index (χ0n) is 23.5. The monoisotopic (exact) mass is 570 g/mol. The van der Waals surface area contributed by atoms with Gasteiger partial charge in [0.2, 0.25) is 5.76 Å². The molecule has 0 fully saturated rings. The fourth-order valence-electron chi connectivity index (χ4n) is 6.02. The molecule has 2 amide bonds. The van der Waals surface area contributed by atoms with Crippen molar-refractivity contribution in [1.29, 1.82) is 0 Å². The number of benzene rings is 3. The molecule has 0 N–H and O–H groups in total. The van der Waals surface area contributed by atoms with Gasteiger partial charge >= 0.3 is 0 Å². The van der Waals surface area contributed by atoms with Gasteiger partial charge in [-0.1, -0.05) is 41.9 Å². The van der Waals surface area contributed by atoms with Crippen LogP contribution < -0.4 is 10.3 Å². The first kappa shape index (κ1) is 27.2. The number of nitrogens with zero attached hydrogens (tertiary/aromatic N) is 2. The highest BCUT2D eigenvalue weighted by atomic mass is 35.5. The first-order valence-electron chi connectivity index (χ1n) is 13.8. The van der Waals surface area contributed by atoms with Crippen molar-refractivity contribution in [2.24, 2.45) is 0 Å². The van der Waals surface area contributed by atoms with Gasteiger partial charge in [-0.05, 0) is 81.1 Å². The number of hydrogen-bond donors (Lipinski definition) is 0. The molecular weight excluding hydrogens is 540 g/mol. The topological polar surface area (TPSA) is 80.1 Å². The zero-order valence-corrected chi connectivity index (χ0v) is 24.2. The molecule has 0 aliphatic carbocycles. The minimum atomic E-state index is -1.65. The quantitative estimate of drug-likeness (QED) is 0.250. The summed E-state index contributed by atoms with van der Waals surface area (Å²) in [6.45, 7) is 8.60. The standard InChI is InChI=1S/C33H31ClN2O5/c1-19(2)40-15-7-14-36-31(38)30-28(29(37)24-16-20(3)21(4)17-27(24)41-30)33(36)25-8-5-6-9-26(25)35(32(33)39)18-22-10-12-23(34)13-11-22/h5-6,8-13,16-17,19H,7,14-15,18H2,1-4H3. The molecule has 2 aliphatic heterocycles. The fraction of sp³-hybridized carbons (Fsp3) is 0.303. The number of halogens is 1. The van der Waals surface area contributed by atoms with E-state index in [-0.39, 0.29) is 41.9 Å². The van der Waals surface area contributed by atoms with E-state index in [2.05, 4.69) is 0 Å². The third-order valence-corrected chi connectivity index (χ3v) is 8.34. The van der Waals surface area contributed by atoms with Crippen molar-refractivity contribution in [1.82, 2.24) is 4.90 Å². The first-order chi connectivity index (χ1) is 19.6. The van der Waals surface area contributed by atoms with Gasteiger partial charge < -0.3 is 19.0 Å². The van der Waals surface area contributed by atoms with E-state index in [1.165, 1.54) is 4.90 Å². The van der Waals surface area contributed by atoms with Gasteiger partial charge in [0.15, 0.2) is 11.0 Å². The average molecular weight is 571 g/mol. The summed E-state index contributed by atoms with van der Waals surface area (Å²) in [5.74, 6) is -0.911. The molecular formula is C33H31ClN2O5. The van der Waals surface area contributed by atoms with Crippen LogP contribution in [0.1, 0.15) is 58.6 Å². The number of anilines is 1. The van der Waals surface area contributed by atoms with Crippen LogP contribution in [0.3, 0.4) is 0 Å². The zero-order chi connectivity index (χ0) is 29.1. The lowest BCUT2D eigenvalue weighted by molar-refractivity contribution is -0.126. The molecule has 0 saturated carbocycles. The summed E-state index contributed by atoms with van der Waals surface area (Å²) in [6.07, 6.45) is 0.511. The lowest BCUT2D eigenvalue weighted by Gasteiger charge is -2.34. The predicted octanol–water partition coefficient (Wildman–Crippen LogP) is 6.12. The number of fused-ring (bicyclic) bond motifs is 5. The summed E-state index contributed by atoms with van der Waals surface area (Å²) >= 11 is 6.11. The highest BCUT2D eigenvalue weighted by Crippen LogP contribution is 2.53. The predicted molar refractivity (Wildman–Crippen MR) is 159 cm³/mol. The largest absolute Gasteiger partial charge is 0.450 e. The number of rotatable bonds is 7. The van der Waals surface area contributed by atoms with Crippen molar-refractivity contribution in [3.63, 3.8) is 0 Å². The maximum Gasteiger partial charge on any atom is 0.291 e. The summed E-state index contributed by atoms with van der Waals surface area (Å²) < 4.78 is 12.0. The second kappa shape index (κ2) is 10.2. The molecule has 1 atom stereocenters. The summed E-state index contributed by atoms with van der Waals surface area (Å²) in [5.41, 5.74) is 2.38. The second-order valence-corrected chi connectivity index (χ2v) is 11.5. The van der Waals surface area contributed by atoms with Crippen LogP contribution in [0.15, 0.2) is 69.9 Å². The smallest absolute Gasteiger partial charge is 0.291 e. The highest BCUT2D eigenvalue weighted by Gasteiger charge is 2.64. The molecule has 210 valence electrons. The third kappa shape index (κ3) is 4.18. The maximum absolute atomic E-state index is 14.8. The highest BCUT2D eigenvalue weighted by molar-refractivity contribution is 6.30. The number of hydrogen-bond acceptors (Lipinski definition) is 5. The van der Waals surface area contributed by atoms with Crippen molar-refractivity contribution in [3.05, 3.63) is 109 Å². The van der Waals surface area contributed by atoms with Gasteiger partial charge in [0, 0.05) is 23.7 Å². The molecule has 7 nitrogen and oxygen atoms in total. The second-order valence-electron chi connectivity index (χ2n) is 11.0.